The zero-order valence-electron chi connectivity index (χ0n) is 21.9. The van der Waals surface area contributed by atoms with Gasteiger partial charge >= 0.3 is 0 Å². The number of benzene rings is 6. The Morgan fingerprint density at radius 1 is 0.447 bits per heavy atom. The Hall–Kier alpha value is -4.56. The third kappa shape index (κ3) is 3.64. The van der Waals surface area contributed by atoms with Gasteiger partial charge in [-0.2, -0.15) is 0 Å². The summed E-state index contributed by atoms with van der Waals surface area (Å²) in [6, 6.07) is 39.4. The van der Waals surface area contributed by atoms with Crippen molar-refractivity contribution in [3.63, 3.8) is 0 Å². The standard InChI is InChI=1S/C36H28N2/c1-36(2,3)33-20-25(18-23-10-4-5-11-26(23)33)35-21-34(37-22-38-35)24-16-17-31-29-14-7-6-12-27(29)28-13-8-9-15-30(28)32(31)19-24/h4-22H,1-3H3. The van der Waals surface area contributed by atoms with Crippen LogP contribution in [0.3, 0.4) is 0 Å². The number of fused-ring (bicyclic) bond motifs is 7. The Labute approximate surface area is 222 Å². The molecule has 0 amide bonds. The van der Waals surface area contributed by atoms with Crippen LogP contribution in [0.15, 0.2) is 116 Å². The second kappa shape index (κ2) is 8.49. The van der Waals surface area contributed by atoms with Crippen LogP contribution < -0.4 is 0 Å². The molecule has 0 radical (unpaired) electrons. The van der Waals surface area contributed by atoms with Gasteiger partial charge in [0.1, 0.15) is 6.33 Å². The van der Waals surface area contributed by atoms with Gasteiger partial charge in [0.25, 0.3) is 0 Å². The van der Waals surface area contributed by atoms with Crippen LogP contribution >= 0.6 is 0 Å². The average Bonchev–Trinajstić information content (AvgIpc) is 2.96. The van der Waals surface area contributed by atoms with Gasteiger partial charge in [-0.15, -0.1) is 0 Å². The minimum Gasteiger partial charge on any atom is -0.236 e. The summed E-state index contributed by atoms with van der Waals surface area (Å²) in [6.07, 6.45) is 1.69. The Morgan fingerprint density at radius 2 is 0.974 bits per heavy atom. The number of hydrogen-bond donors (Lipinski definition) is 0. The molecule has 1 heterocycles. The van der Waals surface area contributed by atoms with Crippen LogP contribution in [0, 0.1) is 0 Å². The summed E-state index contributed by atoms with van der Waals surface area (Å²) >= 11 is 0. The van der Waals surface area contributed by atoms with E-state index in [1.807, 2.05) is 0 Å². The van der Waals surface area contributed by atoms with E-state index < -0.39 is 0 Å². The molecule has 38 heavy (non-hydrogen) atoms. The number of rotatable bonds is 2. The molecule has 0 unspecified atom stereocenters. The van der Waals surface area contributed by atoms with Crippen molar-refractivity contribution < 1.29 is 0 Å². The SMILES string of the molecule is CC(C)(C)c1cc(-c2cc(-c3ccc4c5ccccc5c5ccccc5c4c3)ncn2)cc2ccccc12. The van der Waals surface area contributed by atoms with Gasteiger partial charge in [0.2, 0.25) is 0 Å². The molecular formula is C36H28N2. The van der Waals surface area contributed by atoms with Crippen molar-refractivity contribution in [1.29, 1.82) is 0 Å². The summed E-state index contributed by atoms with van der Waals surface area (Å²) in [6.45, 7) is 6.81. The van der Waals surface area contributed by atoms with E-state index >= 15 is 0 Å². The number of hydrogen-bond acceptors (Lipinski definition) is 2. The zero-order chi connectivity index (χ0) is 25.9. The predicted octanol–water partition coefficient (Wildman–Crippen LogP) is 9.72. The van der Waals surface area contributed by atoms with Gasteiger partial charge in [-0.1, -0.05) is 106 Å². The second-order valence-corrected chi connectivity index (χ2v) is 11.1. The molecule has 0 spiro atoms. The van der Waals surface area contributed by atoms with Gasteiger partial charge in [-0.3, -0.25) is 0 Å². The third-order valence-corrected chi connectivity index (χ3v) is 7.67. The maximum atomic E-state index is 4.71. The van der Waals surface area contributed by atoms with Crippen molar-refractivity contribution in [3.8, 4) is 22.5 Å². The normalized spacial score (nSPS) is 12.1. The molecule has 0 fully saturated rings. The number of aromatic nitrogens is 2. The van der Waals surface area contributed by atoms with Gasteiger partial charge in [0.15, 0.2) is 0 Å². The molecule has 2 nitrogen and oxygen atoms in total. The number of nitrogens with zero attached hydrogens (tertiary/aromatic N) is 2. The van der Waals surface area contributed by atoms with Crippen LogP contribution in [0.25, 0.3) is 65.6 Å². The zero-order valence-corrected chi connectivity index (χ0v) is 21.9. The van der Waals surface area contributed by atoms with E-state index in [1.54, 1.807) is 6.33 Å². The lowest BCUT2D eigenvalue weighted by Gasteiger charge is -2.22. The molecule has 1 aromatic heterocycles. The maximum Gasteiger partial charge on any atom is 0.116 e. The summed E-state index contributed by atoms with van der Waals surface area (Å²) in [7, 11) is 0. The molecular weight excluding hydrogens is 460 g/mol. The first-order chi connectivity index (χ1) is 18.5. The molecule has 0 saturated heterocycles. The molecule has 7 rings (SSSR count). The largest absolute Gasteiger partial charge is 0.236 e. The Bertz CT molecular complexity index is 1980. The Morgan fingerprint density at radius 3 is 1.61 bits per heavy atom. The Kier molecular flexibility index (Phi) is 5.06. The molecule has 0 aliphatic carbocycles. The van der Waals surface area contributed by atoms with Gasteiger partial charge in [-0.05, 0) is 78.3 Å². The first kappa shape index (κ1) is 22.6. The van der Waals surface area contributed by atoms with Gasteiger partial charge in [-0.25, -0.2) is 9.97 Å². The molecule has 0 atom stereocenters. The van der Waals surface area contributed by atoms with Gasteiger partial charge in [0, 0.05) is 11.1 Å². The van der Waals surface area contributed by atoms with E-state index in [1.165, 1.54) is 48.7 Å². The van der Waals surface area contributed by atoms with Crippen LogP contribution in [0.4, 0.5) is 0 Å². The lowest BCUT2D eigenvalue weighted by atomic mass is 9.82. The maximum absolute atomic E-state index is 4.71. The van der Waals surface area contributed by atoms with Gasteiger partial charge in [0.05, 0.1) is 11.4 Å². The van der Waals surface area contributed by atoms with Crippen molar-refractivity contribution in [2.45, 2.75) is 26.2 Å². The molecule has 0 bridgehead atoms. The summed E-state index contributed by atoms with van der Waals surface area (Å²) < 4.78 is 0. The van der Waals surface area contributed by atoms with Crippen LogP contribution in [-0.4, -0.2) is 9.97 Å². The topological polar surface area (TPSA) is 25.8 Å². The molecule has 0 N–H and O–H groups in total. The summed E-state index contributed by atoms with van der Waals surface area (Å²) in [5.41, 5.74) is 5.44. The van der Waals surface area contributed by atoms with Crippen LogP contribution in [-0.2, 0) is 5.41 Å². The van der Waals surface area contributed by atoms with E-state index in [0.29, 0.717) is 0 Å². The smallest absolute Gasteiger partial charge is 0.116 e. The minimum atomic E-state index is 0.0215. The minimum absolute atomic E-state index is 0.0215. The highest BCUT2D eigenvalue weighted by molar-refractivity contribution is 6.25. The molecule has 0 aliphatic rings. The molecule has 2 heteroatoms. The molecule has 6 aromatic carbocycles. The quantitative estimate of drug-likeness (QED) is 0.226. The predicted molar refractivity (Wildman–Crippen MR) is 162 cm³/mol. The van der Waals surface area contributed by atoms with E-state index in [0.717, 1.165) is 22.5 Å². The first-order valence-electron chi connectivity index (χ1n) is 13.2. The highest BCUT2D eigenvalue weighted by atomic mass is 14.8. The highest BCUT2D eigenvalue weighted by Crippen LogP contribution is 2.38. The van der Waals surface area contributed by atoms with Crippen molar-refractivity contribution in [1.82, 2.24) is 9.97 Å². The van der Waals surface area contributed by atoms with Crippen molar-refractivity contribution in [2.24, 2.45) is 0 Å². The summed E-state index contributed by atoms with van der Waals surface area (Å²) in [5, 5.41) is 10.2. The molecule has 182 valence electrons. The third-order valence-electron chi connectivity index (χ3n) is 7.67. The van der Waals surface area contributed by atoms with Crippen LogP contribution in [0.2, 0.25) is 0 Å². The monoisotopic (exact) mass is 488 g/mol. The fourth-order valence-electron chi connectivity index (χ4n) is 5.82. The highest BCUT2D eigenvalue weighted by Gasteiger charge is 2.19. The second-order valence-electron chi connectivity index (χ2n) is 11.1. The van der Waals surface area contributed by atoms with E-state index in [2.05, 4.69) is 130 Å². The van der Waals surface area contributed by atoms with E-state index in [-0.39, 0.29) is 5.41 Å². The average molecular weight is 489 g/mol. The Balaban J connectivity index is 1.42. The fraction of sp³-hybridized carbons (Fsp3) is 0.111. The van der Waals surface area contributed by atoms with Crippen LogP contribution in [0.5, 0.6) is 0 Å². The first-order valence-corrected chi connectivity index (χ1v) is 13.2. The lowest BCUT2D eigenvalue weighted by molar-refractivity contribution is 0.596. The van der Waals surface area contributed by atoms with Gasteiger partial charge < -0.3 is 0 Å². The fourth-order valence-corrected chi connectivity index (χ4v) is 5.82. The lowest BCUT2D eigenvalue weighted by Crippen LogP contribution is -2.12. The summed E-state index contributed by atoms with van der Waals surface area (Å²) in [5.74, 6) is 0. The van der Waals surface area contributed by atoms with E-state index in [9.17, 15) is 0 Å². The molecule has 7 aromatic rings. The van der Waals surface area contributed by atoms with E-state index in [4.69, 9.17) is 9.97 Å². The summed E-state index contributed by atoms with van der Waals surface area (Å²) in [4.78, 5) is 9.41. The van der Waals surface area contributed by atoms with Crippen LogP contribution in [0.1, 0.15) is 26.3 Å². The molecule has 0 saturated carbocycles. The van der Waals surface area contributed by atoms with Crippen molar-refractivity contribution in [2.75, 3.05) is 0 Å². The van der Waals surface area contributed by atoms with Crippen molar-refractivity contribution in [3.05, 3.63) is 121 Å². The molecule has 0 aliphatic heterocycles. The van der Waals surface area contributed by atoms with Crippen molar-refractivity contribution >= 4 is 43.1 Å².